The molecular formula is C30H39Al. The summed E-state index contributed by atoms with van der Waals surface area (Å²) in [5.41, 5.74) is 5.04. The monoisotopic (exact) mass is 426 g/mol. The molecule has 0 radical (unpaired) electrons. The van der Waals surface area contributed by atoms with Crippen molar-refractivity contribution >= 4 is 14.1 Å². The van der Waals surface area contributed by atoms with E-state index in [1.165, 1.54) is 32.5 Å². The molecule has 0 N–H and O–H groups in total. The van der Waals surface area contributed by atoms with Gasteiger partial charge in [-0.15, -0.1) is 0 Å². The highest BCUT2D eigenvalue weighted by atomic mass is 27.2. The van der Waals surface area contributed by atoms with E-state index in [0.29, 0.717) is 0 Å². The molecule has 3 aromatic carbocycles. The summed E-state index contributed by atoms with van der Waals surface area (Å²) in [5, 5.41) is 3.97. The molecule has 0 aliphatic carbocycles. The minimum absolute atomic E-state index is 0.206. The highest BCUT2D eigenvalue weighted by molar-refractivity contribution is 6.59. The summed E-state index contributed by atoms with van der Waals surface area (Å²) in [6, 6.07) is 33.4. The molecule has 1 heteroatoms. The van der Waals surface area contributed by atoms with Gasteiger partial charge in [-0.2, -0.15) is 0 Å². The lowest BCUT2D eigenvalue weighted by Crippen LogP contribution is -2.36. The molecule has 0 atom stereocenters. The Morgan fingerprint density at radius 1 is 0.419 bits per heavy atom. The van der Waals surface area contributed by atoms with Crippen molar-refractivity contribution in [2.45, 2.75) is 73.6 Å². The van der Waals surface area contributed by atoms with Gasteiger partial charge in [-0.05, 0) is 32.9 Å². The molecule has 0 bridgehead atoms. The molecule has 0 heterocycles. The largest absolute Gasteiger partial charge is 0.264 e. The number of benzene rings is 3. The Balaban J connectivity index is 1.90. The van der Waals surface area contributed by atoms with E-state index < -0.39 is 14.1 Å². The standard InChI is InChI=1S/3C10H13.Al/c3*1-10(2,3)9-7-5-4-6-8-9;/h3*4-8H,1H2,2-3H3;. The maximum Gasteiger partial charge on any atom is 0.264 e. The van der Waals surface area contributed by atoms with E-state index in [1.54, 1.807) is 0 Å². The summed E-state index contributed by atoms with van der Waals surface area (Å²) in [5.74, 6) is 0. The first-order valence-corrected chi connectivity index (χ1v) is 14.2. The predicted octanol–water partition coefficient (Wildman–Crippen LogP) is 8.41. The topological polar surface area (TPSA) is 0 Å². The predicted molar refractivity (Wildman–Crippen MR) is 139 cm³/mol. The smallest absolute Gasteiger partial charge is 0.0847 e. The van der Waals surface area contributed by atoms with Crippen LogP contribution >= 0.6 is 0 Å². The Bertz CT molecular complexity index is 797. The molecule has 0 fully saturated rings. The summed E-state index contributed by atoms with van der Waals surface area (Å²) in [6.45, 7) is 14.7. The van der Waals surface area contributed by atoms with Gasteiger partial charge in [-0.3, -0.25) is 0 Å². The lowest BCUT2D eigenvalue weighted by atomic mass is 9.86. The fourth-order valence-electron chi connectivity index (χ4n) is 5.40. The summed E-state index contributed by atoms with van der Waals surface area (Å²) < 4.78 is 0. The Kier molecular flexibility index (Phi) is 7.52. The normalized spacial score (nSPS) is 12.6. The molecule has 0 nitrogen and oxygen atoms in total. The molecule has 3 rings (SSSR count). The van der Waals surface area contributed by atoms with Gasteiger partial charge >= 0.3 is 0 Å². The van der Waals surface area contributed by atoms with E-state index in [-0.39, 0.29) is 16.2 Å². The van der Waals surface area contributed by atoms with Crippen molar-refractivity contribution in [1.29, 1.82) is 0 Å². The van der Waals surface area contributed by atoms with E-state index >= 15 is 0 Å². The molecule has 0 unspecified atom stereocenters. The van der Waals surface area contributed by atoms with Crippen molar-refractivity contribution < 1.29 is 0 Å². The first-order valence-electron chi connectivity index (χ1n) is 11.8. The summed E-state index contributed by atoms with van der Waals surface area (Å²) in [6.07, 6.45) is 0. The zero-order valence-corrected chi connectivity index (χ0v) is 21.5. The Morgan fingerprint density at radius 2 is 0.645 bits per heavy atom. The Labute approximate surface area is 195 Å². The maximum atomic E-state index is 2.45. The first-order chi connectivity index (χ1) is 14.6. The quantitative estimate of drug-likeness (QED) is 0.301. The van der Waals surface area contributed by atoms with Crippen molar-refractivity contribution in [3.05, 3.63) is 108 Å². The second kappa shape index (κ2) is 9.77. The van der Waals surface area contributed by atoms with Gasteiger partial charge in [0.2, 0.25) is 0 Å². The molecular weight excluding hydrogens is 387 g/mol. The van der Waals surface area contributed by atoms with Gasteiger partial charge in [0.1, 0.15) is 0 Å². The van der Waals surface area contributed by atoms with Gasteiger partial charge in [-0.25, -0.2) is 0 Å². The van der Waals surface area contributed by atoms with Crippen LogP contribution in [-0.2, 0) is 16.2 Å². The van der Waals surface area contributed by atoms with Crippen molar-refractivity contribution in [3.63, 3.8) is 0 Å². The summed E-state index contributed by atoms with van der Waals surface area (Å²) in [4.78, 5) is 0. The highest BCUT2D eigenvalue weighted by Gasteiger charge is 2.38. The van der Waals surface area contributed by atoms with E-state index in [1.807, 2.05) is 0 Å². The average Bonchev–Trinajstić information content (AvgIpc) is 2.75. The number of rotatable bonds is 9. The van der Waals surface area contributed by atoms with Gasteiger partial charge in [0.05, 0.1) is 0 Å². The van der Waals surface area contributed by atoms with Crippen LogP contribution < -0.4 is 0 Å². The maximum absolute atomic E-state index is 2.45. The van der Waals surface area contributed by atoms with E-state index in [4.69, 9.17) is 0 Å². The van der Waals surface area contributed by atoms with Crippen molar-refractivity contribution in [2.75, 3.05) is 0 Å². The fourth-order valence-corrected chi connectivity index (χ4v) is 10.9. The lowest BCUT2D eigenvalue weighted by Gasteiger charge is -2.37. The van der Waals surface area contributed by atoms with E-state index in [0.717, 1.165) is 0 Å². The second-order valence-corrected chi connectivity index (χ2v) is 14.2. The van der Waals surface area contributed by atoms with Gasteiger partial charge in [0.25, 0.3) is 14.1 Å². The third-order valence-corrected chi connectivity index (χ3v) is 11.9. The van der Waals surface area contributed by atoms with Crippen LogP contribution in [-0.4, -0.2) is 14.1 Å². The fraction of sp³-hybridized carbons (Fsp3) is 0.400. The molecule has 0 aliphatic heterocycles. The molecule has 0 aliphatic rings. The summed E-state index contributed by atoms with van der Waals surface area (Å²) in [7, 11) is 0. The van der Waals surface area contributed by atoms with Crippen LogP contribution in [0.1, 0.15) is 58.2 Å². The first kappa shape index (κ1) is 23.8. The number of hydrogen-bond donors (Lipinski definition) is 0. The molecule has 0 spiro atoms. The van der Waals surface area contributed by atoms with Crippen LogP contribution in [0.2, 0.25) is 15.8 Å². The molecule has 31 heavy (non-hydrogen) atoms. The Morgan fingerprint density at radius 3 is 0.871 bits per heavy atom. The molecule has 0 aromatic heterocycles. The van der Waals surface area contributed by atoms with Crippen molar-refractivity contribution in [1.82, 2.24) is 0 Å². The Hall–Kier alpha value is -1.81. The third kappa shape index (κ3) is 6.35. The van der Waals surface area contributed by atoms with Gasteiger partial charge in [0.15, 0.2) is 0 Å². The van der Waals surface area contributed by atoms with Crippen LogP contribution in [0.4, 0.5) is 0 Å². The van der Waals surface area contributed by atoms with Crippen LogP contribution in [0.25, 0.3) is 0 Å². The van der Waals surface area contributed by atoms with E-state index in [9.17, 15) is 0 Å². The van der Waals surface area contributed by atoms with Crippen molar-refractivity contribution in [2.24, 2.45) is 0 Å². The van der Waals surface area contributed by atoms with Gasteiger partial charge < -0.3 is 0 Å². The van der Waals surface area contributed by atoms with Crippen LogP contribution in [0, 0.1) is 0 Å². The third-order valence-electron chi connectivity index (χ3n) is 7.06. The molecule has 0 saturated carbocycles. The minimum atomic E-state index is -1.12. The molecule has 0 saturated heterocycles. The minimum Gasteiger partial charge on any atom is -0.0847 e. The number of hydrogen-bond acceptors (Lipinski definition) is 0. The summed E-state index contributed by atoms with van der Waals surface area (Å²) >= 11 is -1.12. The van der Waals surface area contributed by atoms with Crippen LogP contribution in [0.3, 0.4) is 0 Å². The second-order valence-electron chi connectivity index (χ2n) is 11.2. The highest BCUT2D eigenvalue weighted by Crippen LogP contribution is 2.40. The lowest BCUT2D eigenvalue weighted by molar-refractivity contribution is 0.530. The van der Waals surface area contributed by atoms with E-state index in [2.05, 4.69) is 133 Å². The van der Waals surface area contributed by atoms with Crippen LogP contribution in [0.5, 0.6) is 0 Å². The zero-order valence-electron chi connectivity index (χ0n) is 20.4. The van der Waals surface area contributed by atoms with Crippen LogP contribution in [0.15, 0.2) is 91.0 Å². The van der Waals surface area contributed by atoms with Crippen molar-refractivity contribution in [3.8, 4) is 0 Å². The molecule has 162 valence electrons. The average molecular weight is 427 g/mol. The SMILES string of the molecule is CC(C)([CH2][Al]([CH2]C(C)(C)c1ccccc1)[CH2]C(C)(C)c1ccccc1)c1ccccc1. The molecule has 0 amide bonds. The molecule has 3 aromatic rings. The van der Waals surface area contributed by atoms with Gasteiger partial charge in [-0.1, -0.05) is 148 Å². The zero-order chi connectivity index (χ0) is 22.5. The van der Waals surface area contributed by atoms with Gasteiger partial charge in [0, 0.05) is 0 Å².